The minimum atomic E-state index is -0.349. The Kier molecular flexibility index (Phi) is 3.42. The Morgan fingerprint density at radius 2 is 2.30 bits per heavy atom. The van der Waals surface area contributed by atoms with E-state index in [2.05, 4.69) is 15.5 Å². The maximum absolute atomic E-state index is 9.51. The first-order chi connectivity index (χ1) is 9.67. The minimum Gasteiger partial charge on any atom is -0.496 e. The van der Waals surface area contributed by atoms with E-state index in [1.165, 1.54) is 0 Å². The molecular formula is C14H17N3O3. The molecule has 2 atom stereocenters. The summed E-state index contributed by atoms with van der Waals surface area (Å²) in [6.45, 7) is 2.53. The number of hydrogen-bond donors (Lipinski definition) is 2. The van der Waals surface area contributed by atoms with Gasteiger partial charge in [-0.3, -0.25) is 0 Å². The van der Waals surface area contributed by atoms with Gasteiger partial charge in [0.05, 0.1) is 19.3 Å². The number of methoxy groups -OCH3 is 1. The fourth-order valence-corrected chi connectivity index (χ4v) is 2.42. The Balaban J connectivity index is 1.84. The van der Waals surface area contributed by atoms with Crippen molar-refractivity contribution in [2.75, 3.05) is 13.7 Å². The van der Waals surface area contributed by atoms with Gasteiger partial charge in [0.25, 0.3) is 0 Å². The molecule has 2 aromatic rings. The molecule has 0 aliphatic carbocycles. The number of ether oxygens (including phenoxy) is 1. The van der Waals surface area contributed by atoms with Crippen molar-refractivity contribution in [1.82, 2.24) is 15.5 Å². The summed E-state index contributed by atoms with van der Waals surface area (Å²) in [6.07, 6.45) is 0.252. The highest BCUT2D eigenvalue weighted by atomic mass is 16.5. The van der Waals surface area contributed by atoms with Crippen molar-refractivity contribution >= 4 is 0 Å². The first kappa shape index (κ1) is 13.1. The summed E-state index contributed by atoms with van der Waals surface area (Å²) in [6, 6.07) is 5.69. The highest BCUT2D eigenvalue weighted by Crippen LogP contribution is 2.27. The zero-order chi connectivity index (χ0) is 14.1. The molecule has 1 saturated heterocycles. The van der Waals surface area contributed by atoms with Crippen LogP contribution in [-0.2, 0) is 0 Å². The van der Waals surface area contributed by atoms with Gasteiger partial charge in [0, 0.05) is 12.1 Å². The molecule has 1 aliphatic rings. The van der Waals surface area contributed by atoms with E-state index in [4.69, 9.17) is 9.26 Å². The predicted molar refractivity (Wildman–Crippen MR) is 72.4 cm³/mol. The van der Waals surface area contributed by atoms with Crippen LogP contribution in [0, 0.1) is 6.92 Å². The van der Waals surface area contributed by atoms with Crippen molar-refractivity contribution in [3.05, 3.63) is 29.7 Å². The quantitative estimate of drug-likeness (QED) is 0.882. The van der Waals surface area contributed by atoms with Crippen LogP contribution in [0.1, 0.15) is 23.9 Å². The third-order valence-electron chi connectivity index (χ3n) is 3.50. The Labute approximate surface area is 116 Å². The van der Waals surface area contributed by atoms with Gasteiger partial charge in [-0.15, -0.1) is 0 Å². The second-order valence-electron chi connectivity index (χ2n) is 4.99. The summed E-state index contributed by atoms with van der Waals surface area (Å²) in [5.74, 6) is 1.90. The van der Waals surface area contributed by atoms with Crippen LogP contribution >= 0.6 is 0 Å². The lowest BCUT2D eigenvalue weighted by Crippen LogP contribution is -2.15. The third-order valence-corrected chi connectivity index (χ3v) is 3.50. The van der Waals surface area contributed by atoms with Crippen molar-refractivity contribution in [2.45, 2.75) is 25.5 Å². The minimum absolute atomic E-state index is 0.0643. The van der Waals surface area contributed by atoms with Gasteiger partial charge in [0.1, 0.15) is 5.75 Å². The molecule has 0 bridgehead atoms. The van der Waals surface area contributed by atoms with Crippen LogP contribution in [0.2, 0.25) is 0 Å². The van der Waals surface area contributed by atoms with Crippen LogP contribution in [-0.4, -0.2) is 35.0 Å². The fraction of sp³-hybridized carbons (Fsp3) is 0.429. The van der Waals surface area contributed by atoms with Gasteiger partial charge in [0.15, 0.2) is 0 Å². The van der Waals surface area contributed by atoms with E-state index in [0.29, 0.717) is 24.7 Å². The van der Waals surface area contributed by atoms with E-state index >= 15 is 0 Å². The van der Waals surface area contributed by atoms with Gasteiger partial charge in [-0.05, 0) is 37.1 Å². The second kappa shape index (κ2) is 5.22. The number of hydrogen-bond acceptors (Lipinski definition) is 6. The molecule has 0 radical (unpaired) electrons. The van der Waals surface area contributed by atoms with Gasteiger partial charge in [0.2, 0.25) is 11.7 Å². The molecule has 0 amide bonds. The summed E-state index contributed by atoms with van der Waals surface area (Å²) < 4.78 is 10.5. The van der Waals surface area contributed by atoms with Gasteiger partial charge < -0.3 is 19.7 Å². The first-order valence-corrected chi connectivity index (χ1v) is 6.57. The van der Waals surface area contributed by atoms with Crippen molar-refractivity contribution < 1.29 is 14.4 Å². The van der Waals surface area contributed by atoms with E-state index < -0.39 is 0 Å². The largest absolute Gasteiger partial charge is 0.496 e. The Morgan fingerprint density at radius 1 is 1.45 bits per heavy atom. The number of nitrogens with zero attached hydrogens (tertiary/aromatic N) is 2. The normalized spacial score (nSPS) is 22.1. The monoisotopic (exact) mass is 275 g/mol. The second-order valence-corrected chi connectivity index (χ2v) is 4.99. The van der Waals surface area contributed by atoms with E-state index in [1.807, 2.05) is 25.1 Å². The molecule has 0 saturated carbocycles. The molecule has 106 valence electrons. The summed E-state index contributed by atoms with van der Waals surface area (Å²) in [5.41, 5.74) is 1.91. The molecule has 0 spiro atoms. The highest BCUT2D eigenvalue weighted by molar-refractivity contribution is 5.58. The molecular weight excluding hydrogens is 258 g/mol. The number of aryl methyl sites for hydroxylation is 1. The summed E-state index contributed by atoms with van der Waals surface area (Å²) in [7, 11) is 1.64. The topological polar surface area (TPSA) is 80.4 Å². The maximum atomic E-state index is 9.51. The van der Waals surface area contributed by atoms with Crippen LogP contribution in [0.3, 0.4) is 0 Å². The lowest BCUT2D eigenvalue weighted by atomic mass is 10.1. The Morgan fingerprint density at radius 3 is 2.95 bits per heavy atom. The molecule has 0 unspecified atom stereocenters. The van der Waals surface area contributed by atoms with Crippen molar-refractivity contribution in [1.29, 1.82) is 0 Å². The number of rotatable bonds is 3. The van der Waals surface area contributed by atoms with Gasteiger partial charge in [-0.25, -0.2) is 0 Å². The van der Waals surface area contributed by atoms with E-state index in [9.17, 15) is 5.11 Å². The molecule has 1 aromatic carbocycles. The molecule has 2 N–H and O–H groups in total. The molecule has 6 nitrogen and oxygen atoms in total. The van der Waals surface area contributed by atoms with Gasteiger partial charge in [-0.2, -0.15) is 4.98 Å². The zero-order valence-corrected chi connectivity index (χ0v) is 11.5. The number of aliphatic hydroxyl groups excluding tert-OH is 1. The van der Waals surface area contributed by atoms with Gasteiger partial charge >= 0.3 is 0 Å². The summed E-state index contributed by atoms with van der Waals surface area (Å²) in [5, 5.41) is 16.7. The SMILES string of the molecule is COc1ccc(-c2noc([C@@H]3C[C@H](O)CN3)n2)cc1C. The number of β-amino-alcohol motifs (C(OH)–C–C–N with tert-alkyl or cyclic N) is 1. The van der Waals surface area contributed by atoms with Crippen LogP contribution in [0.4, 0.5) is 0 Å². The molecule has 1 aliphatic heterocycles. The summed E-state index contributed by atoms with van der Waals surface area (Å²) >= 11 is 0. The number of aliphatic hydroxyl groups is 1. The van der Waals surface area contributed by atoms with Crippen LogP contribution in [0.25, 0.3) is 11.4 Å². The molecule has 1 aromatic heterocycles. The van der Waals surface area contributed by atoms with Crippen LogP contribution in [0.15, 0.2) is 22.7 Å². The van der Waals surface area contributed by atoms with Crippen LogP contribution < -0.4 is 10.1 Å². The molecule has 1 fully saturated rings. The maximum Gasteiger partial charge on any atom is 0.244 e. The van der Waals surface area contributed by atoms with Gasteiger partial charge in [-0.1, -0.05) is 5.16 Å². The van der Waals surface area contributed by atoms with Crippen molar-refractivity contribution in [2.24, 2.45) is 0 Å². The number of benzene rings is 1. The molecule has 20 heavy (non-hydrogen) atoms. The van der Waals surface area contributed by atoms with Crippen molar-refractivity contribution in [3.8, 4) is 17.1 Å². The summed E-state index contributed by atoms with van der Waals surface area (Å²) in [4.78, 5) is 4.40. The average Bonchev–Trinajstić information content (AvgIpc) is 3.07. The van der Waals surface area contributed by atoms with E-state index in [0.717, 1.165) is 16.9 Å². The molecule has 6 heteroatoms. The Bertz CT molecular complexity index is 611. The smallest absolute Gasteiger partial charge is 0.244 e. The van der Waals surface area contributed by atoms with Crippen LogP contribution in [0.5, 0.6) is 5.75 Å². The van der Waals surface area contributed by atoms with E-state index in [1.54, 1.807) is 7.11 Å². The average molecular weight is 275 g/mol. The lowest BCUT2D eigenvalue weighted by molar-refractivity contribution is 0.191. The zero-order valence-electron chi connectivity index (χ0n) is 11.5. The first-order valence-electron chi connectivity index (χ1n) is 6.57. The molecule has 3 rings (SSSR count). The Hall–Kier alpha value is -1.92. The standard InChI is InChI=1S/C14H17N3O3/c1-8-5-9(3-4-12(8)19-2)13-16-14(20-17-13)11-6-10(18)7-15-11/h3-5,10-11,15,18H,6-7H2,1-2H3/t10-,11-/m0/s1. The van der Waals surface area contributed by atoms with E-state index in [-0.39, 0.29) is 12.1 Å². The third kappa shape index (κ3) is 2.39. The lowest BCUT2D eigenvalue weighted by Gasteiger charge is -2.04. The predicted octanol–water partition coefficient (Wildman–Crippen LogP) is 1.45. The van der Waals surface area contributed by atoms with Crippen molar-refractivity contribution in [3.63, 3.8) is 0 Å². The highest BCUT2D eigenvalue weighted by Gasteiger charge is 2.28. The fourth-order valence-electron chi connectivity index (χ4n) is 2.42. The molecule has 2 heterocycles. The number of aromatic nitrogens is 2. The number of nitrogens with one attached hydrogen (secondary N) is 1.